The maximum atomic E-state index is 10.7. The van der Waals surface area contributed by atoms with Crippen LogP contribution in [0, 0.1) is 0 Å². The van der Waals surface area contributed by atoms with Crippen LogP contribution in [0.1, 0.15) is 29.1 Å². The van der Waals surface area contributed by atoms with Crippen molar-refractivity contribution in [3.05, 3.63) is 51.7 Å². The molecule has 3 aromatic rings. The number of carboxylic acid groups (broad SMARTS) is 1. The summed E-state index contributed by atoms with van der Waals surface area (Å²) in [5.74, 6) is -0.750. The number of para-hydroxylation sites is 1. The lowest BCUT2D eigenvalue weighted by atomic mass is 10.1. The molecule has 0 saturated heterocycles. The molecule has 112 valence electrons. The Morgan fingerprint density at radius 2 is 2.05 bits per heavy atom. The summed E-state index contributed by atoms with van der Waals surface area (Å²) in [6.07, 6.45) is 3.67. The minimum Gasteiger partial charge on any atom is -0.481 e. The number of carbonyl (C=O) groups is 1. The highest BCUT2D eigenvalue weighted by molar-refractivity contribution is 7.19. The van der Waals surface area contributed by atoms with E-state index in [0.717, 1.165) is 27.2 Å². The van der Waals surface area contributed by atoms with Gasteiger partial charge in [0.05, 0.1) is 10.2 Å². The number of carboxylic acids is 1. The molecule has 3 rings (SSSR count). The van der Waals surface area contributed by atoms with Crippen molar-refractivity contribution in [3.63, 3.8) is 0 Å². The summed E-state index contributed by atoms with van der Waals surface area (Å²) in [6.45, 7) is 0. The standard InChI is InChI=1S/C17H15NO2S2/c19-16(20)9-3-5-12(11-13-6-4-10-21-13)17-18-14-7-1-2-8-15(14)22-17/h1-2,4,6-8,10-11H,3,5,9H2,(H,19,20)/b12-11+. The van der Waals surface area contributed by atoms with Crippen LogP contribution in [-0.2, 0) is 4.79 Å². The van der Waals surface area contributed by atoms with Crippen molar-refractivity contribution in [3.8, 4) is 0 Å². The summed E-state index contributed by atoms with van der Waals surface area (Å²) in [5, 5.41) is 11.9. The van der Waals surface area contributed by atoms with Gasteiger partial charge in [-0.2, -0.15) is 0 Å². The van der Waals surface area contributed by atoms with Crippen LogP contribution in [0.5, 0.6) is 0 Å². The smallest absolute Gasteiger partial charge is 0.303 e. The highest BCUT2D eigenvalue weighted by Crippen LogP contribution is 2.31. The third kappa shape index (κ3) is 3.61. The molecular formula is C17H15NO2S2. The molecule has 0 bridgehead atoms. The number of nitrogens with zero attached hydrogens (tertiary/aromatic N) is 1. The van der Waals surface area contributed by atoms with Crippen molar-refractivity contribution >= 4 is 50.5 Å². The van der Waals surface area contributed by atoms with Gasteiger partial charge in [0.15, 0.2) is 0 Å². The lowest BCUT2D eigenvalue weighted by molar-refractivity contribution is -0.137. The molecule has 0 saturated carbocycles. The molecule has 2 aromatic heterocycles. The van der Waals surface area contributed by atoms with Gasteiger partial charge in [0.1, 0.15) is 5.01 Å². The number of allylic oxidation sites excluding steroid dienone is 1. The van der Waals surface area contributed by atoms with E-state index in [1.807, 2.05) is 29.6 Å². The predicted molar refractivity (Wildman–Crippen MR) is 93.3 cm³/mol. The molecule has 1 N–H and O–H groups in total. The van der Waals surface area contributed by atoms with Crippen molar-refractivity contribution < 1.29 is 9.90 Å². The van der Waals surface area contributed by atoms with Crippen molar-refractivity contribution in [2.75, 3.05) is 0 Å². The number of hydrogen-bond acceptors (Lipinski definition) is 4. The van der Waals surface area contributed by atoms with Gasteiger partial charge in [-0.05, 0) is 48.1 Å². The monoisotopic (exact) mass is 329 g/mol. The zero-order valence-corrected chi connectivity index (χ0v) is 13.5. The number of rotatable bonds is 6. The summed E-state index contributed by atoms with van der Waals surface area (Å²) >= 11 is 3.34. The Morgan fingerprint density at radius 1 is 1.18 bits per heavy atom. The third-order valence-electron chi connectivity index (χ3n) is 3.27. The van der Waals surface area contributed by atoms with Gasteiger partial charge in [0.2, 0.25) is 0 Å². The molecular weight excluding hydrogens is 314 g/mol. The van der Waals surface area contributed by atoms with E-state index in [2.05, 4.69) is 18.2 Å². The van der Waals surface area contributed by atoms with Crippen LogP contribution in [0.4, 0.5) is 0 Å². The van der Waals surface area contributed by atoms with Crippen molar-refractivity contribution in [1.29, 1.82) is 0 Å². The first-order valence-electron chi connectivity index (χ1n) is 7.04. The second-order valence-corrected chi connectivity index (χ2v) is 6.93. The van der Waals surface area contributed by atoms with Crippen LogP contribution < -0.4 is 0 Å². The molecule has 0 unspecified atom stereocenters. The average Bonchev–Trinajstić information content (AvgIpc) is 3.14. The largest absolute Gasteiger partial charge is 0.481 e. The van der Waals surface area contributed by atoms with E-state index in [0.29, 0.717) is 6.42 Å². The number of aromatic nitrogens is 1. The van der Waals surface area contributed by atoms with E-state index in [-0.39, 0.29) is 6.42 Å². The maximum absolute atomic E-state index is 10.7. The molecule has 3 nitrogen and oxygen atoms in total. The highest BCUT2D eigenvalue weighted by Gasteiger charge is 2.10. The fraction of sp³-hybridized carbons (Fsp3) is 0.176. The number of hydrogen-bond donors (Lipinski definition) is 1. The zero-order chi connectivity index (χ0) is 15.4. The fourth-order valence-electron chi connectivity index (χ4n) is 2.23. The summed E-state index contributed by atoms with van der Waals surface area (Å²) < 4.78 is 1.16. The second-order valence-electron chi connectivity index (χ2n) is 4.92. The summed E-state index contributed by atoms with van der Waals surface area (Å²) in [7, 11) is 0. The first-order valence-corrected chi connectivity index (χ1v) is 8.74. The van der Waals surface area contributed by atoms with Crippen molar-refractivity contribution in [2.45, 2.75) is 19.3 Å². The molecule has 0 aliphatic rings. The van der Waals surface area contributed by atoms with E-state index in [9.17, 15) is 4.79 Å². The van der Waals surface area contributed by atoms with Crippen LogP contribution in [0.25, 0.3) is 21.9 Å². The number of fused-ring (bicyclic) bond motifs is 1. The first kappa shape index (κ1) is 14.9. The molecule has 0 fully saturated rings. The number of thiazole rings is 1. The molecule has 0 amide bonds. The Bertz CT molecular complexity index is 770. The van der Waals surface area contributed by atoms with E-state index < -0.39 is 5.97 Å². The third-order valence-corrected chi connectivity index (χ3v) is 5.20. The van der Waals surface area contributed by atoms with Crippen molar-refractivity contribution in [1.82, 2.24) is 4.98 Å². The zero-order valence-electron chi connectivity index (χ0n) is 11.9. The quantitative estimate of drug-likeness (QED) is 0.680. The van der Waals surface area contributed by atoms with Crippen LogP contribution in [-0.4, -0.2) is 16.1 Å². The lowest BCUT2D eigenvalue weighted by Crippen LogP contribution is -1.94. The van der Waals surface area contributed by atoms with Gasteiger partial charge in [0, 0.05) is 11.3 Å². The Hall–Kier alpha value is -1.98. The molecule has 0 spiro atoms. The summed E-state index contributed by atoms with van der Waals surface area (Å²) in [6, 6.07) is 12.2. The number of aliphatic carboxylic acids is 1. The van der Waals surface area contributed by atoms with Gasteiger partial charge in [-0.25, -0.2) is 4.98 Å². The second kappa shape index (κ2) is 6.85. The number of benzene rings is 1. The number of thiophene rings is 1. The summed E-state index contributed by atoms with van der Waals surface area (Å²) in [5.41, 5.74) is 2.11. The molecule has 0 atom stereocenters. The SMILES string of the molecule is O=C(O)CCC/C(=C\c1cccs1)c1nc2ccccc2s1. The maximum Gasteiger partial charge on any atom is 0.303 e. The Morgan fingerprint density at radius 3 is 2.77 bits per heavy atom. The van der Waals surface area contributed by atoms with Crippen LogP contribution in [0.15, 0.2) is 41.8 Å². The Balaban J connectivity index is 1.91. The van der Waals surface area contributed by atoms with Gasteiger partial charge in [-0.3, -0.25) is 4.79 Å². The predicted octanol–water partition coefficient (Wildman–Crippen LogP) is 5.15. The van der Waals surface area contributed by atoms with E-state index in [1.165, 1.54) is 4.88 Å². The molecule has 22 heavy (non-hydrogen) atoms. The van der Waals surface area contributed by atoms with Crippen molar-refractivity contribution in [2.24, 2.45) is 0 Å². The lowest BCUT2D eigenvalue weighted by Gasteiger charge is -2.02. The minimum absolute atomic E-state index is 0.187. The topological polar surface area (TPSA) is 50.2 Å². The van der Waals surface area contributed by atoms with Gasteiger partial charge in [-0.1, -0.05) is 18.2 Å². The molecule has 0 aliphatic heterocycles. The average molecular weight is 329 g/mol. The first-order chi connectivity index (χ1) is 10.7. The van der Waals surface area contributed by atoms with Crippen LogP contribution >= 0.6 is 22.7 Å². The summed E-state index contributed by atoms with van der Waals surface area (Å²) in [4.78, 5) is 16.6. The van der Waals surface area contributed by atoms with Gasteiger partial charge >= 0.3 is 5.97 Å². The van der Waals surface area contributed by atoms with E-state index >= 15 is 0 Å². The minimum atomic E-state index is -0.750. The van der Waals surface area contributed by atoms with Crippen LogP contribution in [0.3, 0.4) is 0 Å². The molecule has 5 heteroatoms. The molecule has 0 radical (unpaired) electrons. The van der Waals surface area contributed by atoms with Crippen LogP contribution in [0.2, 0.25) is 0 Å². The Kier molecular flexibility index (Phi) is 4.65. The van der Waals surface area contributed by atoms with E-state index in [1.54, 1.807) is 22.7 Å². The fourth-order valence-corrected chi connectivity index (χ4v) is 3.92. The van der Waals surface area contributed by atoms with Gasteiger partial charge in [-0.15, -0.1) is 22.7 Å². The highest BCUT2D eigenvalue weighted by atomic mass is 32.1. The molecule has 1 aromatic carbocycles. The Labute approximate surface area is 136 Å². The normalized spacial score (nSPS) is 11.9. The van der Waals surface area contributed by atoms with Gasteiger partial charge in [0.25, 0.3) is 0 Å². The molecule has 2 heterocycles. The van der Waals surface area contributed by atoms with E-state index in [4.69, 9.17) is 10.1 Å². The molecule has 0 aliphatic carbocycles. The van der Waals surface area contributed by atoms with Gasteiger partial charge < -0.3 is 5.11 Å².